The van der Waals surface area contributed by atoms with E-state index in [-0.39, 0.29) is 12.4 Å². The van der Waals surface area contributed by atoms with E-state index in [0.29, 0.717) is 12.8 Å². The van der Waals surface area contributed by atoms with E-state index in [2.05, 4.69) is 6.58 Å². The first-order valence-corrected chi connectivity index (χ1v) is 5.84. The average Bonchev–Trinajstić information content (AvgIpc) is 2.29. The minimum Gasteiger partial charge on any atom is -0.390 e. The van der Waals surface area contributed by atoms with Crippen LogP contribution >= 0.6 is 0 Å². The molecule has 3 nitrogen and oxygen atoms in total. The molecular formula is C12H22O3. The Morgan fingerprint density at radius 1 is 1.60 bits per heavy atom. The predicted molar refractivity (Wildman–Crippen MR) is 59.6 cm³/mol. The van der Waals surface area contributed by atoms with Crippen molar-refractivity contribution in [1.82, 2.24) is 0 Å². The Morgan fingerprint density at radius 3 is 2.93 bits per heavy atom. The lowest BCUT2D eigenvalue weighted by Gasteiger charge is -2.29. The maximum atomic E-state index is 9.75. The van der Waals surface area contributed by atoms with Gasteiger partial charge in [-0.3, -0.25) is 0 Å². The predicted octanol–water partition coefficient (Wildman–Crippen LogP) is 2.25. The molecule has 1 rings (SSSR count). The van der Waals surface area contributed by atoms with Gasteiger partial charge < -0.3 is 14.6 Å². The Morgan fingerprint density at radius 2 is 2.40 bits per heavy atom. The topological polar surface area (TPSA) is 38.7 Å². The molecule has 1 saturated heterocycles. The van der Waals surface area contributed by atoms with Crippen LogP contribution in [0.3, 0.4) is 0 Å². The Kier molecular flexibility index (Phi) is 5.91. The number of rotatable bonds is 6. The van der Waals surface area contributed by atoms with Crippen molar-refractivity contribution in [1.29, 1.82) is 0 Å². The van der Waals surface area contributed by atoms with Crippen LogP contribution in [0.15, 0.2) is 12.7 Å². The second kappa shape index (κ2) is 6.99. The van der Waals surface area contributed by atoms with Crippen LogP contribution < -0.4 is 0 Å². The van der Waals surface area contributed by atoms with Crippen LogP contribution in [0.4, 0.5) is 0 Å². The molecule has 0 aromatic heterocycles. The van der Waals surface area contributed by atoms with Crippen LogP contribution in [0.5, 0.6) is 0 Å². The number of hydrogen-bond donors (Lipinski definition) is 1. The number of aliphatic hydroxyl groups excluding tert-OH is 1. The van der Waals surface area contributed by atoms with E-state index in [1.807, 2.05) is 6.92 Å². The monoisotopic (exact) mass is 214 g/mol. The standard InChI is InChI=1S/C12H22O3/c1-3-7-11(10(13)4-2)15-12-8-5-6-9-14-12/h3,10-13H,1,4-9H2,2H3/t10-,11-,12?/m1/s1. The van der Waals surface area contributed by atoms with Crippen LogP contribution in [0.25, 0.3) is 0 Å². The molecule has 0 spiro atoms. The lowest BCUT2D eigenvalue weighted by Crippen LogP contribution is -2.34. The van der Waals surface area contributed by atoms with Gasteiger partial charge >= 0.3 is 0 Å². The highest BCUT2D eigenvalue weighted by atomic mass is 16.7. The fourth-order valence-corrected chi connectivity index (χ4v) is 1.74. The summed E-state index contributed by atoms with van der Waals surface area (Å²) in [6.45, 7) is 6.40. The molecule has 1 fully saturated rings. The van der Waals surface area contributed by atoms with Crippen molar-refractivity contribution in [3.8, 4) is 0 Å². The fraction of sp³-hybridized carbons (Fsp3) is 0.833. The van der Waals surface area contributed by atoms with Crippen molar-refractivity contribution < 1.29 is 14.6 Å². The van der Waals surface area contributed by atoms with Crippen LogP contribution in [-0.2, 0) is 9.47 Å². The second-order valence-corrected chi connectivity index (χ2v) is 3.97. The van der Waals surface area contributed by atoms with Crippen molar-refractivity contribution in [2.24, 2.45) is 0 Å². The third-order valence-corrected chi connectivity index (χ3v) is 2.71. The maximum absolute atomic E-state index is 9.75. The molecule has 1 unspecified atom stereocenters. The summed E-state index contributed by atoms with van der Waals surface area (Å²) >= 11 is 0. The van der Waals surface area contributed by atoms with Gasteiger partial charge in [0.2, 0.25) is 0 Å². The number of hydrogen-bond acceptors (Lipinski definition) is 3. The van der Waals surface area contributed by atoms with Crippen molar-refractivity contribution in [3.05, 3.63) is 12.7 Å². The third-order valence-electron chi connectivity index (χ3n) is 2.71. The van der Waals surface area contributed by atoms with Gasteiger partial charge in [0.05, 0.1) is 12.2 Å². The molecule has 0 saturated carbocycles. The summed E-state index contributed by atoms with van der Waals surface area (Å²) < 4.78 is 11.2. The molecule has 0 bridgehead atoms. The van der Waals surface area contributed by atoms with Crippen LogP contribution in [0, 0.1) is 0 Å². The highest BCUT2D eigenvalue weighted by Crippen LogP contribution is 2.19. The molecule has 3 atom stereocenters. The van der Waals surface area contributed by atoms with E-state index in [1.165, 1.54) is 0 Å². The summed E-state index contributed by atoms with van der Waals surface area (Å²) in [6, 6.07) is 0. The van der Waals surface area contributed by atoms with Crippen LogP contribution in [0.2, 0.25) is 0 Å². The van der Waals surface area contributed by atoms with Gasteiger partial charge in [-0.1, -0.05) is 13.0 Å². The van der Waals surface area contributed by atoms with Gasteiger partial charge in [0, 0.05) is 6.61 Å². The third kappa shape index (κ3) is 4.33. The van der Waals surface area contributed by atoms with Gasteiger partial charge in [0.25, 0.3) is 0 Å². The van der Waals surface area contributed by atoms with Crippen LogP contribution in [-0.4, -0.2) is 30.2 Å². The van der Waals surface area contributed by atoms with Gasteiger partial charge in [-0.15, -0.1) is 6.58 Å². The fourth-order valence-electron chi connectivity index (χ4n) is 1.74. The molecular weight excluding hydrogens is 192 g/mol. The largest absolute Gasteiger partial charge is 0.390 e. The molecule has 1 heterocycles. The summed E-state index contributed by atoms with van der Waals surface area (Å²) in [5, 5.41) is 9.75. The van der Waals surface area contributed by atoms with E-state index in [0.717, 1.165) is 25.9 Å². The second-order valence-electron chi connectivity index (χ2n) is 3.97. The molecule has 0 radical (unpaired) electrons. The van der Waals surface area contributed by atoms with Gasteiger partial charge in [0.1, 0.15) is 0 Å². The van der Waals surface area contributed by atoms with E-state index in [1.54, 1.807) is 6.08 Å². The van der Waals surface area contributed by atoms with Gasteiger partial charge in [-0.05, 0) is 32.1 Å². The summed E-state index contributed by atoms with van der Waals surface area (Å²) in [5.74, 6) is 0. The van der Waals surface area contributed by atoms with E-state index < -0.39 is 6.10 Å². The molecule has 0 amide bonds. The summed E-state index contributed by atoms with van der Waals surface area (Å²) in [4.78, 5) is 0. The Balaban J connectivity index is 2.37. The highest BCUT2D eigenvalue weighted by molar-refractivity contribution is 4.79. The normalized spacial score (nSPS) is 25.9. The molecule has 88 valence electrons. The summed E-state index contributed by atoms with van der Waals surface area (Å²) in [7, 11) is 0. The molecule has 1 aliphatic rings. The zero-order valence-corrected chi connectivity index (χ0v) is 9.52. The van der Waals surface area contributed by atoms with E-state index >= 15 is 0 Å². The van der Waals surface area contributed by atoms with Gasteiger partial charge in [-0.2, -0.15) is 0 Å². The molecule has 1 aliphatic heterocycles. The first-order chi connectivity index (χ1) is 7.27. The van der Waals surface area contributed by atoms with Gasteiger partial charge in [-0.25, -0.2) is 0 Å². The first-order valence-electron chi connectivity index (χ1n) is 5.84. The van der Waals surface area contributed by atoms with Crippen molar-refractivity contribution in [2.75, 3.05) is 6.61 Å². The summed E-state index contributed by atoms with van der Waals surface area (Å²) in [5.41, 5.74) is 0. The van der Waals surface area contributed by atoms with Crippen molar-refractivity contribution >= 4 is 0 Å². The SMILES string of the molecule is C=CC[C@@H](OC1CCCCO1)[C@H](O)CC. The maximum Gasteiger partial charge on any atom is 0.158 e. The zero-order chi connectivity index (χ0) is 11.1. The number of ether oxygens (including phenoxy) is 2. The Hall–Kier alpha value is -0.380. The molecule has 0 aromatic carbocycles. The van der Waals surface area contributed by atoms with Crippen molar-refractivity contribution in [2.45, 2.75) is 57.5 Å². The molecule has 1 N–H and O–H groups in total. The summed E-state index contributed by atoms with van der Waals surface area (Å²) in [6.07, 6.45) is 5.63. The van der Waals surface area contributed by atoms with Crippen molar-refractivity contribution in [3.63, 3.8) is 0 Å². The molecule has 0 aromatic rings. The Labute approximate surface area is 92.1 Å². The van der Waals surface area contributed by atoms with Crippen LogP contribution in [0.1, 0.15) is 39.0 Å². The lowest BCUT2D eigenvalue weighted by atomic mass is 10.1. The molecule has 3 heteroatoms. The van der Waals surface area contributed by atoms with Gasteiger partial charge in [0.15, 0.2) is 6.29 Å². The number of aliphatic hydroxyl groups is 1. The average molecular weight is 214 g/mol. The smallest absolute Gasteiger partial charge is 0.158 e. The van der Waals surface area contributed by atoms with E-state index in [9.17, 15) is 5.11 Å². The van der Waals surface area contributed by atoms with E-state index in [4.69, 9.17) is 9.47 Å². The zero-order valence-electron chi connectivity index (χ0n) is 9.52. The highest BCUT2D eigenvalue weighted by Gasteiger charge is 2.23. The quantitative estimate of drug-likeness (QED) is 0.689. The lowest BCUT2D eigenvalue weighted by molar-refractivity contribution is -0.205. The Bertz CT molecular complexity index is 176. The minimum atomic E-state index is -0.423. The molecule has 0 aliphatic carbocycles. The first kappa shape index (κ1) is 12.7. The minimum absolute atomic E-state index is 0.134. The molecule has 15 heavy (non-hydrogen) atoms.